The number of nitriles is 1. The number of carbonyl (C=O) groups excluding carboxylic acids is 2. The molecule has 7 heteroatoms. The molecule has 1 N–H and O–H groups in total. The lowest BCUT2D eigenvalue weighted by Crippen LogP contribution is -2.27. The van der Waals surface area contributed by atoms with Crippen molar-refractivity contribution >= 4 is 40.8 Å². The van der Waals surface area contributed by atoms with Gasteiger partial charge in [0.2, 0.25) is 0 Å². The highest BCUT2D eigenvalue weighted by Crippen LogP contribution is 2.25. The zero-order valence-corrected chi connectivity index (χ0v) is 13.7. The summed E-state index contributed by atoms with van der Waals surface area (Å²) in [5.41, 5.74) is -0.0628. The van der Waals surface area contributed by atoms with Crippen molar-refractivity contribution in [2.75, 3.05) is 6.61 Å². The molecule has 0 heterocycles. The molecule has 0 spiro atoms. The molecule has 0 saturated carbocycles. The van der Waals surface area contributed by atoms with Gasteiger partial charge in [0.15, 0.2) is 12.4 Å². The maximum atomic E-state index is 11.8. The second-order valence-electron chi connectivity index (χ2n) is 4.53. The molecule has 22 heavy (non-hydrogen) atoms. The Hall–Kier alpha value is -1.84. The van der Waals surface area contributed by atoms with Gasteiger partial charge in [-0.05, 0) is 38.1 Å². The Labute approximate surface area is 138 Å². The van der Waals surface area contributed by atoms with Crippen LogP contribution >= 0.6 is 23.4 Å². The highest BCUT2D eigenvalue weighted by molar-refractivity contribution is 8.00. The molecule has 0 amide bonds. The van der Waals surface area contributed by atoms with E-state index in [0.29, 0.717) is 5.02 Å². The zero-order chi connectivity index (χ0) is 16.7. The average Bonchev–Trinajstić information content (AvgIpc) is 2.47. The number of hydrogen-bond acceptors (Lipinski definition) is 6. The summed E-state index contributed by atoms with van der Waals surface area (Å²) in [5, 5.41) is 16.2. The van der Waals surface area contributed by atoms with Crippen molar-refractivity contribution in [1.82, 2.24) is 0 Å². The molecular formula is C15H15ClN2O3S. The van der Waals surface area contributed by atoms with Gasteiger partial charge in [-0.3, -0.25) is 9.59 Å². The van der Waals surface area contributed by atoms with Crippen LogP contribution < -0.4 is 0 Å². The normalized spacial score (nSPS) is 12.8. The van der Waals surface area contributed by atoms with Gasteiger partial charge in [-0.15, -0.1) is 11.8 Å². The van der Waals surface area contributed by atoms with Crippen molar-refractivity contribution in [1.29, 1.82) is 10.7 Å². The number of ketones is 1. The Kier molecular flexibility index (Phi) is 7.09. The monoisotopic (exact) mass is 338 g/mol. The van der Waals surface area contributed by atoms with E-state index < -0.39 is 29.5 Å². The van der Waals surface area contributed by atoms with Gasteiger partial charge in [0.1, 0.15) is 11.2 Å². The van der Waals surface area contributed by atoms with Gasteiger partial charge < -0.3 is 10.1 Å². The lowest BCUT2D eigenvalue weighted by Gasteiger charge is -2.12. The van der Waals surface area contributed by atoms with E-state index in [1.807, 2.05) is 0 Å². The number of carbonyl (C=O) groups is 2. The van der Waals surface area contributed by atoms with Gasteiger partial charge in [-0.2, -0.15) is 5.26 Å². The zero-order valence-electron chi connectivity index (χ0n) is 12.1. The van der Waals surface area contributed by atoms with E-state index in [4.69, 9.17) is 27.0 Å². The van der Waals surface area contributed by atoms with Gasteiger partial charge in [-0.25, -0.2) is 0 Å². The van der Waals surface area contributed by atoms with E-state index in [-0.39, 0.29) is 5.71 Å². The van der Waals surface area contributed by atoms with Gasteiger partial charge in [-0.1, -0.05) is 11.6 Å². The molecule has 0 aromatic heterocycles. The van der Waals surface area contributed by atoms with E-state index in [1.165, 1.54) is 18.7 Å². The van der Waals surface area contributed by atoms with Crippen molar-refractivity contribution in [2.45, 2.75) is 24.0 Å². The SMILES string of the molecule is CC(=N)[C@H](C#N)C(=O)COC(=O)[C@H](C)Sc1ccc(Cl)cc1. The first kappa shape index (κ1) is 18.2. The first-order chi connectivity index (χ1) is 10.3. The molecule has 0 bridgehead atoms. The van der Waals surface area contributed by atoms with Crippen molar-refractivity contribution in [3.8, 4) is 6.07 Å². The quantitative estimate of drug-likeness (QED) is 0.468. The summed E-state index contributed by atoms with van der Waals surface area (Å²) in [7, 11) is 0. The molecule has 0 aliphatic carbocycles. The number of benzene rings is 1. The first-order valence-electron chi connectivity index (χ1n) is 6.41. The molecule has 0 aliphatic heterocycles. The van der Waals surface area contributed by atoms with Crippen LogP contribution in [0.4, 0.5) is 0 Å². The Morgan fingerprint density at radius 1 is 1.41 bits per heavy atom. The fourth-order valence-corrected chi connectivity index (χ4v) is 2.51. The Balaban J connectivity index is 2.51. The summed E-state index contributed by atoms with van der Waals surface area (Å²) in [6, 6.07) is 8.72. The van der Waals surface area contributed by atoms with E-state index in [2.05, 4.69) is 0 Å². The Morgan fingerprint density at radius 3 is 2.50 bits per heavy atom. The summed E-state index contributed by atoms with van der Waals surface area (Å²) < 4.78 is 4.91. The number of nitrogens with zero attached hydrogens (tertiary/aromatic N) is 1. The summed E-state index contributed by atoms with van der Waals surface area (Å²) >= 11 is 7.06. The molecular weight excluding hydrogens is 324 g/mol. The summed E-state index contributed by atoms with van der Waals surface area (Å²) in [6.07, 6.45) is 0. The molecule has 0 radical (unpaired) electrons. The lowest BCUT2D eigenvalue weighted by atomic mass is 10.0. The fraction of sp³-hybridized carbons (Fsp3) is 0.333. The average molecular weight is 339 g/mol. The molecule has 1 aromatic rings. The topological polar surface area (TPSA) is 91.0 Å². The summed E-state index contributed by atoms with van der Waals surface area (Å²) in [4.78, 5) is 24.4. The molecule has 1 aromatic carbocycles. The molecule has 0 fully saturated rings. The van der Waals surface area contributed by atoms with Gasteiger partial charge in [0, 0.05) is 15.6 Å². The Morgan fingerprint density at radius 2 is 2.00 bits per heavy atom. The standard InChI is InChI=1S/C15H15ClN2O3S/c1-9(18)13(7-17)14(19)8-21-15(20)10(2)22-12-5-3-11(16)4-6-12/h3-6,10,13,18H,8H2,1-2H3/t10-,13-/m0/s1. The molecule has 0 unspecified atom stereocenters. The minimum atomic E-state index is -1.16. The lowest BCUT2D eigenvalue weighted by molar-refractivity contribution is -0.147. The van der Waals surface area contributed by atoms with Crippen LogP contribution in [0, 0.1) is 22.7 Å². The molecule has 5 nitrogen and oxygen atoms in total. The molecule has 1 rings (SSSR count). The number of nitrogens with one attached hydrogen (secondary N) is 1. The fourth-order valence-electron chi connectivity index (χ4n) is 1.52. The minimum Gasteiger partial charge on any atom is -0.457 e. The van der Waals surface area contributed by atoms with Crippen molar-refractivity contribution < 1.29 is 14.3 Å². The summed E-state index contributed by atoms with van der Waals surface area (Å²) in [5.74, 6) is -2.30. The second kappa shape index (κ2) is 8.57. The number of Topliss-reactive ketones (excluding diaryl/α,β-unsaturated/α-hetero) is 1. The third kappa shape index (κ3) is 5.51. The molecule has 2 atom stereocenters. The van der Waals surface area contributed by atoms with Crippen LogP contribution in [0.15, 0.2) is 29.2 Å². The third-order valence-corrected chi connectivity index (χ3v) is 4.04. The van der Waals surface area contributed by atoms with E-state index in [0.717, 1.165) is 4.90 Å². The largest absolute Gasteiger partial charge is 0.457 e. The number of rotatable bonds is 7. The number of halogens is 1. The van der Waals surface area contributed by atoms with Gasteiger partial charge in [0.25, 0.3) is 0 Å². The molecule has 116 valence electrons. The van der Waals surface area contributed by atoms with Crippen LogP contribution in [0.25, 0.3) is 0 Å². The van der Waals surface area contributed by atoms with E-state index in [1.54, 1.807) is 37.3 Å². The number of esters is 1. The van der Waals surface area contributed by atoms with Gasteiger partial charge >= 0.3 is 5.97 Å². The van der Waals surface area contributed by atoms with E-state index in [9.17, 15) is 9.59 Å². The van der Waals surface area contributed by atoms with Crippen LogP contribution in [-0.2, 0) is 14.3 Å². The molecule has 0 aliphatic rings. The van der Waals surface area contributed by atoms with Crippen LogP contribution in [0.5, 0.6) is 0 Å². The van der Waals surface area contributed by atoms with Crippen molar-refractivity contribution in [2.24, 2.45) is 5.92 Å². The van der Waals surface area contributed by atoms with Crippen LogP contribution in [0.2, 0.25) is 5.02 Å². The first-order valence-corrected chi connectivity index (χ1v) is 7.67. The number of thioether (sulfide) groups is 1. The van der Waals surface area contributed by atoms with E-state index >= 15 is 0 Å². The Bertz CT molecular complexity index is 610. The van der Waals surface area contributed by atoms with Gasteiger partial charge in [0.05, 0.1) is 6.07 Å². The van der Waals surface area contributed by atoms with Crippen LogP contribution in [-0.4, -0.2) is 29.3 Å². The smallest absolute Gasteiger partial charge is 0.319 e. The second-order valence-corrected chi connectivity index (χ2v) is 6.38. The van der Waals surface area contributed by atoms with Crippen molar-refractivity contribution in [3.05, 3.63) is 29.3 Å². The minimum absolute atomic E-state index is 0.0628. The third-order valence-electron chi connectivity index (χ3n) is 2.70. The number of hydrogen-bond donors (Lipinski definition) is 1. The predicted molar refractivity (Wildman–Crippen MR) is 85.2 cm³/mol. The molecule has 0 saturated heterocycles. The summed E-state index contributed by atoms with van der Waals surface area (Å²) in [6.45, 7) is 2.53. The number of ether oxygens (including phenoxy) is 1. The highest BCUT2D eigenvalue weighted by atomic mass is 35.5. The van der Waals surface area contributed by atoms with Crippen molar-refractivity contribution in [3.63, 3.8) is 0 Å². The maximum absolute atomic E-state index is 11.8. The maximum Gasteiger partial charge on any atom is 0.319 e. The van der Waals surface area contributed by atoms with Crippen LogP contribution in [0.3, 0.4) is 0 Å². The predicted octanol–water partition coefficient (Wildman–Crippen LogP) is 3.11. The van der Waals surface area contributed by atoms with Crippen LogP contribution in [0.1, 0.15) is 13.8 Å². The highest BCUT2D eigenvalue weighted by Gasteiger charge is 2.23.